The normalized spacial score (nSPS) is 14.9. The van der Waals surface area contributed by atoms with Gasteiger partial charge in [-0.05, 0) is 31.2 Å². The summed E-state index contributed by atoms with van der Waals surface area (Å²) in [6.45, 7) is 2.41. The van der Waals surface area contributed by atoms with Crippen LogP contribution in [0, 0.1) is 0 Å². The predicted molar refractivity (Wildman–Crippen MR) is 101 cm³/mol. The number of sulfonamides is 1. The Morgan fingerprint density at radius 3 is 2.56 bits per heavy atom. The number of anilines is 2. The van der Waals surface area contributed by atoms with Crippen molar-refractivity contribution in [3.8, 4) is 11.5 Å². The van der Waals surface area contributed by atoms with E-state index in [0.29, 0.717) is 36.1 Å². The van der Waals surface area contributed by atoms with Crippen LogP contribution < -0.4 is 25.2 Å². The second-order valence-corrected chi connectivity index (χ2v) is 7.79. The van der Waals surface area contributed by atoms with Crippen molar-refractivity contribution in [1.82, 2.24) is 4.72 Å². The number of benzene rings is 2. The van der Waals surface area contributed by atoms with Crippen LogP contribution in [0.2, 0.25) is 0 Å². The van der Waals surface area contributed by atoms with Gasteiger partial charge < -0.3 is 20.5 Å². The molecule has 4 N–H and O–H groups in total. The topological polar surface area (TPSA) is 120 Å². The van der Waals surface area contributed by atoms with Gasteiger partial charge in [-0.2, -0.15) is 4.72 Å². The first-order valence-corrected chi connectivity index (χ1v) is 9.92. The van der Waals surface area contributed by atoms with Crippen LogP contribution in [0.3, 0.4) is 0 Å². The fraction of sp³-hybridized carbons (Fsp3) is 0.278. The van der Waals surface area contributed by atoms with Gasteiger partial charge in [0.15, 0.2) is 11.5 Å². The number of para-hydroxylation sites is 2. The number of carbonyl (C=O) groups is 1. The molecule has 0 saturated carbocycles. The summed E-state index contributed by atoms with van der Waals surface area (Å²) in [5.74, 6) is 0.340. The highest BCUT2D eigenvalue weighted by atomic mass is 32.2. The van der Waals surface area contributed by atoms with Gasteiger partial charge in [0.25, 0.3) is 0 Å². The van der Waals surface area contributed by atoms with Crippen LogP contribution in [0.5, 0.6) is 11.5 Å². The van der Waals surface area contributed by atoms with Gasteiger partial charge in [-0.25, -0.2) is 8.42 Å². The first kappa shape index (κ1) is 19.0. The molecule has 2 aromatic rings. The van der Waals surface area contributed by atoms with Gasteiger partial charge in [0.2, 0.25) is 15.9 Å². The van der Waals surface area contributed by atoms with Crippen molar-refractivity contribution >= 4 is 27.3 Å². The highest BCUT2D eigenvalue weighted by Crippen LogP contribution is 2.31. The Kier molecular flexibility index (Phi) is 5.52. The lowest BCUT2D eigenvalue weighted by Crippen LogP contribution is -2.41. The number of hydrogen-bond acceptors (Lipinski definition) is 6. The van der Waals surface area contributed by atoms with Gasteiger partial charge in [0, 0.05) is 12.5 Å². The van der Waals surface area contributed by atoms with E-state index in [9.17, 15) is 13.2 Å². The van der Waals surface area contributed by atoms with E-state index in [0.717, 1.165) is 6.42 Å². The summed E-state index contributed by atoms with van der Waals surface area (Å²) in [5.41, 5.74) is 6.60. The van der Waals surface area contributed by atoms with E-state index >= 15 is 0 Å². The molecule has 1 heterocycles. The summed E-state index contributed by atoms with van der Waals surface area (Å²) in [4.78, 5) is 12.3. The van der Waals surface area contributed by atoms with E-state index in [1.165, 1.54) is 19.1 Å². The fourth-order valence-electron chi connectivity index (χ4n) is 2.52. The standard InChI is InChI=1S/C18H21N3O5S/c1-12(18(22)20-15-6-3-2-5-14(15)19)21-27(23,24)13-7-8-16-17(11-13)26-10-4-9-25-16/h2-3,5-8,11-12,21H,4,9-10,19H2,1H3,(H,20,22). The third kappa shape index (κ3) is 4.50. The van der Waals surface area contributed by atoms with Crippen LogP contribution in [-0.2, 0) is 14.8 Å². The minimum absolute atomic E-state index is 0.00868. The van der Waals surface area contributed by atoms with Crippen molar-refractivity contribution in [3.63, 3.8) is 0 Å². The summed E-state index contributed by atoms with van der Waals surface area (Å²) in [5, 5.41) is 2.61. The van der Waals surface area contributed by atoms with Gasteiger partial charge in [-0.1, -0.05) is 12.1 Å². The SMILES string of the molecule is CC(NS(=O)(=O)c1ccc2c(c1)OCCCO2)C(=O)Nc1ccccc1N. The lowest BCUT2D eigenvalue weighted by Gasteiger charge is -2.16. The molecule has 0 saturated heterocycles. The number of carbonyl (C=O) groups excluding carboxylic acids is 1. The van der Waals surface area contributed by atoms with E-state index in [1.54, 1.807) is 30.3 Å². The highest BCUT2D eigenvalue weighted by molar-refractivity contribution is 7.89. The van der Waals surface area contributed by atoms with Gasteiger partial charge in [0.05, 0.1) is 35.5 Å². The van der Waals surface area contributed by atoms with Gasteiger partial charge in [0.1, 0.15) is 0 Å². The molecule has 9 heteroatoms. The van der Waals surface area contributed by atoms with E-state index in [2.05, 4.69) is 10.0 Å². The number of fused-ring (bicyclic) bond motifs is 1. The molecule has 0 bridgehead atoms. The molecule has 1 unspecified atom stereocenters. The quantitative estimate of drug-likeness (QED) is 0.668. The summed E-state index contributed by atoms with van der Waals surface area (Å²) in [7, 11) is -3.93. The van der Waals surface area contributed by atoms with Crippen molar-refractivity contribution in [2.75, 3.05) is 24.3 Å². The van der Waals surface area contributed by atoms with Gasteiger partial charge in [-0.15, -0.1) is 0 Å². The average molecular weight is 391 g/mol. The number of amides is 1. The Bertz CT molecular complexity index is 946. The van der Waals surface area contributed by atoms with Crippen molar-refractivity contribution < 1.29 is 22.7 Å². The second-order valence-electron chi connectivity index (χ2n) is 6.08. The molecule has 1 amide bonds. The smallest absolute Gasteiger partial charge is 0.242 e. The maximum absolute atomic E-state index is 12.6. The van der Waals surface area contributed by atoms with Gasteiger partial charge >= 0.3 is 0 Å². The van der Waals surface area contributed by atoms with Crippen molar-refractivity contribution in [2.45, 2.75) is 24.3 Å². The third-order valence-corrected chi connectivity index (χ3v) is 5.51. The minimum atomic E-state index is -3.93. The number of nitrogens with two attached hydrogens (primary N) is 1. The van der Waals surface area contributed by atoms with Crippen LogP contribution >= 0.6 is 0 Å². The zero-order valence-corrected chi connectivity index (χ0v) is 15.6. The lowest BCUT2D eigenvalue weighted by atomic mass is 10.2. The summed E-state index contributed by atoms with van der Waals surface area (Å²) in [6, 6.07) is 10.1. The molecule has 1 aliphatic heterocycles. The Balaban J connectivity index is 1.73. The van der Waals surface area contributed by atoms with Gasteiger partial charge in [-0.3, -0.25) is 4.79 Å². The van der Waals surface area contributed by atoms with E-state index in [1.807, 2.05) is 0 Å². The van der Waals surface area contributed by atoms with Crippen molar-refractivity contribution in [3.05, 3.63) is 42.5 Å². The number of ether oxygens (including phenoxy) is 2. The monoisotopic (exact) mass is 391 g/mol. The first-order chi connectivity index (χ1) is 12.9. The fourth-order valence-corrected chi connectivity index (χ4v) is 3.73. The number of hydrogen-bond donors (Lipinski definition) is 3. The zero-order chi connectivity index (χ0) is 19.4. The molecule has 0 fully saturated rings. The molecule has 1 aliphatic rings. The van der Waals surface area contributed by atoms with Crippen LogP contribution in [-0.4, -0.2) is 33.6 Å². The molecule has 3 rings (SSSR count). The molecular weight excluding hydrogens is 370 g/mol. The molecule has 8 nitrogen and oxygen atoms in total. The average Bonchev–Trinajstić information content (AvgIpc) is 2.88. The first-order valence-electron chi connectivity index (χ1n) is 8.44. The third-order valence-electron chi connectivity index (χ3n) is 3.97. The molecule has 0 spiro atoms. The Morgan fingerprint density at radius 1 is 1.11 bits per heavy atom. The van der Waals surface area contributed by atoms with E-state index in [-0.39, 0.29) is 4.90 Å². The molecular formula is C18H21N3O5S. The number of nitrogens with one attached hydrogen (secondary N) is 2. The molecule has 1 atom stereocenters. The van der Waals surface area contributed by atoms with Crippen molar-refractivity contribution in [2.24, 2.45) is 0 Å². The molecule has 0 aromatic heterocycles. The summed E-state index contributed by atoms with van der Waals surface area (Å²) in [6.07, 6.45) is 0.717. The maximum atomic E-state index is 12.6. The summed E-state index contributed by atoms with van der Waals surface area (Å²) < 4.78 is 38.6. The number of rotatable bonds is 5. The van der Waals surface area contributed by atoms with Crippen LogP contribution in [0.1, 0.15) is 13.3 Å². The molecule has 27 heavy (non-hydrogen) atoms. The van der Waals surface area contributed by atoms with Crippen molar-refractivity contribution in [1.29, 1.82) is 0 Å². The van der Waals surface area contributed by atoms with Crippen LogP contribution in [0.4, 0.5) is 11.4 Å². The molecule has 0 radical (unpaired) electrons. The Labute approximate surface area is 157 Å². The second kappa shape index (κ2) is 7.85. The Hall–Kier alpha value is -2.78. The lowest BCUT2D eigenvalue weighted by molar-refractivity contribution is -0.117. The van der Waals surface area contributed by atoms with Crippen LogP contribution in [0.25, 0.3) is 0 Å². The molecule has 144 valence electrons. The van der Waals surface area contributed by atoms with E-state index < -0.39 is 22.0 Å². The maximum Gasteiger partial charge on any atom is 0.242 e. The zero-order valence-electron chi connectivity index (χ0n) is 14.8. The predicted octanol–water partition coefficient (Wildman–Crippen LogP) is 1.74. The minimum Gasteiger partial charge on any atom is -0.490 e. The molecule has 0 aliphatic carbocycles. The molecule has 2 aromatic carbocycles. The van der Waals surface area contributed by atoms with E-state index in [4.69, 9.17) is 15.2 Å². The highest BCUT2D eigenvalue weighted by Gasteiger charge is 2.24. The summed E-state index contributed by atoms with van der Waals surface area (Å²) >= 11 is 0. The largest absolute Gasteiger partial charge is 0.490 e. The number of nitrogen functional groups attached to an aromatic ring is 1. The Morgan fingerprint density at radius 2 is 1.81 bits per heavy atom. The van der Waals surface area contributed by atoms with Crippen LogP contribution in [0.15, 0.2) is 47.4 Å².